The fourth-order valence-electron chi connectivity index (χ4n) is 1.91. The zero-order valence-electron chi connectivity index (χ0n) is 10.6. The van der Waals surface area contributed by atoms with Crippen molar-refractivity contribution >= 4 is 44.4 Å². The summed E-state index contributed by atoms with van der Waals surface area (Å²) in [6.45, 7) is 0.208. The van der Waals surface area contributed by atoms with Crippen molar-refractivity contribution in [3.63, 3.8) is 0 Å². The number of rotatable bonds is 3. The van der Waals surface area contributed by atoms with E-state index in [4.69, 9.17) is 5.73 Å². The maximum atomic E-state index is 13.2. The number of thiazole rings is 1. The number of nitrogens with one attached hydrogen (secondary N) is 2. The first-order chi connectivity index (χ1) is 10.0. The molecule has 0 fully saturated rings. The zero-order valence-corrected chi connectivity index (χ0v) is 12.2. The van der Waals surface area contributed by atoms with Crippen molar-refractivity contribution in [1.29, 1.82) is 0 Å². The molecule has 0 aliphatic rings. The third-order valence-corrected chi connectivity index (χ3v) is 4.81. The Balaban J connectivity index is 1.84. The number of nitrogen functional groups attached to an aromatic ring is 1. The minimum absolute atomic E-state index is 0.170. The number of hydrogen-bond donors (Lipinski definition) is 3. The number of aromatic nitrogens is 1. The largest absolute Gasteiger partial charge is 0.397 e. The molecule has 0 saturated carbocycles. The van der Waals surface area contributed by atoms with Crippen LogP contribution in [0.1, 0.15) is 15.4 Å². The van der Waals surface area contributed by atoms with Crippen LogP contribution < -0.4 is 15.9 Å². The van der Waals surface area contributed by atoms with Gasteiger partial charge in [0, 0.05) is 21.2 Å². The molecule has 0 aliphatic heterocycles. The summed E-state index contributed by atoms with van der Waals surface area (Å²) in [5.74, 6) is -0.740. The number of aromatic amines is 1. The second kappa shape index (κ2) is 5.30. The number of halogens is 1. The molecule has 0 unspecified atom stereocenters. The topological polar surface area (TPSA) is 88.0 Å². The van der Waals surface area contributed by atoms with Gasteiger partial charge in [-0.15, -0.1) is 11.3 Å². The molecule has 1 amide bonds. The highest BCUT2D eigenvalue weighted by atomic mass is 32.1. The fraction of sp³-hybridized carbons (Fsp3) is 0.0769. The quantitative estimate of drug-likeness (QED) is 0.691. The number of nitrogens with two attached hydrogens (primary N) is 1. The van der Waals surface area contributed by atoms with Crippen molar-refractivity contribution in [2.75, 3.05) is 5.73 Å². The summed E-state index contributed by atoms with van der Waals surface area (Å²) < 4.78 is 14.0. The minimum atomic E-state index is -0.394. The Hall–Kier alpha value is -2.19. The molecule has 3 rings (SSSR count). The van der Waals surface area contributed by atoms with Crippen LogP contribution in [0, 0.1) is 5.82 Å². The Bertz CT molecular complexity index is 881. The van der Waals surface area contributed by atoms with E-state index in [0.717, 1.165) is 16.0 Å². The highest BCUT2D eigenvalue weighted by Crippen LogP contribution is 2.33. The van der Waals surface area contributed by atoms with Crippen LogP contribution in [0.4, 0.5) is 10.1 Å². The van der Waals surface area contributed by atoms with E-state index in [1.807, 2.05) is 0 Å². The second-order valence-electron chi connectivity index (χ2n) is 4.34. The molecule has 4 N–H and O–H groups in total. The Morgan fingerprint density at radius 1 is 1.43 bits per heavy atom. The number of amides is 1. The molecule has 0 radical (unpaired) electrons. The van der Waals surface area contributed by atoms with E-state index in [1.54, 1.807) is 11.4 Å². The smallest absolute Gasteiger partial charge is 0.304 e. The standard InChI is InChI=1S/C13H10FN3O2S2/c14-6-1-2-9-8(3-6)10(15)11(21-9)12(18)16-4-7-5-20-13(19)17-7/h1-3,5H,4,15H2,(H,16,18)(H,17,19). The van der Waals surface area contributed by atoms with Crippen LogP contribution >= 0.6 is 22.7 Å². The molecule has 21 heavy (non-hydrogen) atoms. The molecule has 2 aromatic heterocycles. The molecule has 0 aliphatic carbocycles. The number of benzene rings is 1. The molecule has 0 saturated heterocycles. The van der Waals surface area contributed by atoms with Gasteiger partial charge in [-0.3, -0.25) is 9.59 Å². The van der Waals surface area contributed by atoms with Crippen molar-refractivity contribution in [3.05, 3.63) is 49.6 Å². The van der Waals surface area contributed by atoms with Crippen LogP contribution in [0.2, 0.25) is 0 Å². The van der Waals surface area contributed by atoms with Crippen molar-refractivity contribution < 1.29 is 9.18 Å². The molecule has 8 heteroatoms. The highest BCUT2D eigenvalue weighted by Gasteiger charge is 2.16. The first kappa shape index (κ1) is 13.8. The summed E-state index contributed by atoms with van der Waals surface area (Å²) in [6, 6.07) is 4.24. The van der Waals surface area contributed by atoms with E-state index in [0.29, 0.717) is 16.0 Å². The molecule has 1 aromatic carbocycles. The van der Waals surface area contributed by atoms with E-state index in [-0.39, 0.29) is 23.0 Å². The number of hydrogen-bond acceptors (Lipinski definition) is 5. The molecule has 108 valence electrons. The third kappa shape index (κ3) is 2.67. The SMILES string of the molecule is Nc1c(C(=O)NCc2csc(=O)[nH]2)sc2ccc(F)cc12. The molecule has 0 spiro atoms. The summed E-state index contributed by atoms with van der Waals surface area (Å²) in [5, 5.41) is 4.86. The van der Waals surface area contributed by atoms with Gasteiger partial charge in [-0.05, 0) is 18.2 Å². The van der Waals surface area contributed by atoms with E-state index < -0.39 is 5.82 Å². The molecular weight excluding hydrogens is 313 g/mol. The van der Waals surface area contributed by atoms with Gasteiger partial charge in [0.1, 0.15) is 10.7 Å². The predicted molar refractivity (Wildman–Crippen MR) is 82.3 cm³/mol. The maximum absolute atomic E-state index is 13.2. The van der Waals surface area contributed by atoms with Gasteiger partial charge in [-0.25, -0.2) is 4.39 Å². The van der Waals surface area contributed by atoms with E-state index in [1.165, 1.54) is 23.5 Å². The molecule has 3 aromatic rings. The molecule has 0 atom stereocenters. The Labute approximate surface area is 126 Å². The van der Waals surface area contributed by atoms with Crippen molar-refractivity contribution in [2.45, 2.75) is 6.54 Å². The first-order valence-electron chi connectivity index (χ1n) is 5.97. The third-order valence-electron chi connectivity index (χ3n) is 2.90. The van der Waals surface area contributed by atoms with Gasteiger partial charge < -0.3 is 16.0 Å². The maximum Gasteiger partial charge on any atom is 0.304 e. The van der Waals surface area contributed by atoms with Gasteiger partial charge in [0.05, 0.1) is 12.2 Å². The van der Waals surface area contributed by atoms with Gasteiger partial charge in [0.25, 0.3) is 5.91 Å². The van der Waals surface area contributed by atoms with Crippen LogP contribution in [0.3, 0.4) is 0 Å². The number of H-pyrrole nitrogens is 1. The number of anilines is 1. The summed E-state index contributed by atoms with van der Waals surface area (Å²) in [4.78, 5) is 25.9. The Morgan fingerprint density at radius 3 is 2.95 bits per heavy atom. The van der Waals surface area contributed by atoms with Crippen molar-refractivity contribution in [3.8, 4) is 0 Å². The lowest BCUT2D eigenvalue weighted by Crippen LogP contribution is -2.23. The molecule has 0 bridgehead atoms. The number of fused-ring (bicyclic) bond motifs is 1. The Morgan fingerprint density at radius 2 is 2.24 bits per heavy atom. The zero-order chi connectivity index (χ0) is 15.0. The number of carbonyl (C=O) groups is 1. The average Bonchev–Trinajstić information content (AvgIpc) is 3.01. The van der Waals surface area contributed by atoms with Crippen LogP contribution in [-0.2, 0) is 6.54 Å². The Kier molecular flexibility index (Phi) is 3.48. The highest BCUT2D eigenvalue weighted by molar-refractivity contribution is 7.21. The van der Waals surface area contributed by atoms with Gasteiger partial charge >= 0.3 is 4.87 Å². The lowest BCUT2D eigenvalue weighted by molar-refractivity contribution is 0.0955. The number of carbonyl (C=O) groups excluding carboxylic acids is 1. The van der Waals surface area contributed by atoms with E-state index >= 15 is 0 Å². The molecule has 2 heterocycles. The lowest BCUT2D eigenvalue weighted by atomic mass is 10.2. The monoisotopic (exact) mass is 323 g/mol. The summed E-state index contributed by atoms with van der Waals surface area (Å²) in [6.07, 6.45) is 0. The lowest BCUT2D eigenvalue weighted by Gasteiger charge is -2.02. The van der Waals surface area contributed by atoms with Gasteiger partial charge in [-0.1, -0.05) is 11.3 Å². The van der Waals surface area contributed by atoms with Crippen LogP contribution in [0.5, 0.6) is 0 Å². The van der Waals surface area contributed by atoms with Crippen LogP contribution in [-0.4, -0.2) is 10.9 Å². The van der Waals surface area contributed by atoms with Crippen molar-refractivity contribution in [2.24, 2.45) is 0 Å². The van der Waals surface area contributed by atoms with Crippen LogP contribution in [0.25, 0.3) is 10.1 Å². The molecule has 5 nitrogen and oxygen atoms in total. The van der Waals surface area contributed by atoms with Gasteiger partial charge in [0.15, 0.2) is 0 Å². The normalized spacial score (nSPS) is 10.9. The van der Waals surface area contributed by atoms with E-state index in [9.17, 15) is 14.0 Å². The predicted octanol–water partition coefficient (Wildman–Crippen LogP) is 2.30. The van der Waals surface area contributed by atoms with E-state index in [2.05, 4.69) is 10.3 Å². The average molecular weight is 323 g/mol. The summed E-state index contributed by atoms with van der Waals surface area (Å²) >= 11 is 2.24. The van der Waals surface area contributed by atoms with Gasteiger partial charge in [-0.2, -0.15) is 0 Å². The first-order valence-corrected chi connectivity index (χ1v) is 7.66. The fourth-order valence-corrected chi connectivity index (χ4v) is 3.52. The molecular formula is C13H10FN3O2S2. The summed E-state index contributed by atoms with van der Waals surface area (Å²) in [7, 11) is 0. The van der Waals surface area contributed by atoms with Gasteiger partial charge in [0.2, 0.25) is 0 Å². The van der Waals surface area contributed by atoms with Crippen LogP contribution in [0.15, 0.2) is 28.4 Å². The van der Waals surface area contributed by atoms with Crippen molar-refractivity contribution in [1.82, 2.24) is 10.3 Å². The summed E-state index contributed by atoms with van der Waals surface area (Å²) in [5.41, 5.74) is 6.81. The number of thiophene rings is 1. The minimum Gasteiger partial charge on any atom is -0.397 e. The second-order valence-corrected chi connectivity index (χ2v) is 6.24.